The molecule has 0 radical (unpaired) electrons. The van der Waals surface area contributed by atoms with Crippen molar-refractivity contribution in [3.05, 3.63) is 47.4 Å². The van der Waals surface area contributed by atoms with Crippen LogP contribution in [0.4, 0.5) is 4.39 Å². The molecule has 0 atom stereocenters. The summed E-state index contributed by atoms with van der Waals surface area (Å²) in [5.41, 5.74) is 3.18. The third-order valence-electron chi connectivity index (χ3n) is 5.78. The Hall–Kier alpha value is -1.77. The highest BCUT2D eigenvalue weighted by Gasteiger charge is 2.19. The molecule has 0 amide bonds. The van der Waals surface area contributed by atoms with Gasteiger partial charge in [0.15, 0.2) is 0 Å². The van der Waals surface area contributed by atoms with Gasteiger partial charge in [-0.2, -0.15) is 10.2 Å². The Morgan fingerprint density at radius 3 is 2.32 bits per heavy atom. The van der Waals surface area contributed by atoms with Crippen molar-refractivity contribution in [2.75, 3.05) is 0 Å². The summed E-state index contributed by atoms with van der Waals surface area (Å²) in [6, 6.07) is 9.36. The standard InChI is InChI=1S/C22H29FN2/c1-3-16-5-7-17(8-6-16)9-10-18-11-13-20(21(23)15-18)22-14-12-19(4-2)24-25-22/h11-17H,3-10H2,1-2H3. The molecule has 1 heterocycles. The largest absolute Gasteiger partial charge is 0.206 e. The predicted molar refractivity (Wildman–Crippen MR) is 101 cm³/mol. The van der Waals surface area contributed by atoms with Crippen LogP contribution in [-0.4, -0.2) is 10.2 Å². The predicted octanol–water partition coefficient (Wildman–Crippen LogP) is 5.99. The van der Waals surface area contributed by atoms with Crippen molar-refractivity contribution < 1.29 is 4.39 Å². The minimum absolute atomic E-state index is 0.189. The molecule has 1 aromatic carbocycles. The van der Waals surface area contributed by atoms with Crippen LogP contribution in [-0.2, 0) is 12.8 Å². The van der Waals surface area contributed by atoms with Gasteiger partial charge in [0, 0.05) is 5.56 Å². The van der Waals surface area contributed by atoms with E-state index in [1.54, 1.807) is 6.07 Å². The normalized spacial score (nSPS) is 20.6. The van der Waals surface area contributed by atoms with E-state index in [1.807, 2.05) is 31.2 Å². The van der Waals surface area contributed by atoms with Crippen molar-refractivity contribution in [3.63, 3.8) is 0 Å². The van der Waals surface area contributed by atoms with Gasteiger partial charge in [-0.3, -0.25) is 0 Å². The van der Waals surface area contributed by atoms with Crippen LogP contribution in [0.15, 0.2) is 30.3 Å². The Kier molecular flexibility index (Phi) is 6.17. The molecule has 1 fully saturated rings. The van der Waals surface area contributed by atoms with Crippen LogP contribution >= 0.6 is 0 Å². The highest BCUT2D eigenvalue weighted by Crippen LogP contribution is 2.33. The molecular formula is C22H29FN2. The van der Waals surface area contributed by atoms with Crippen molar-refractivity contribution in [3.8, 4) is 11.3 Å². The van der Waals surface area contributed by atoms with Crippen LogP contribution < -0.4 is 0 Å². The van der Waals surface area contributed by atoms with E-state index in [4.69, 9.17) is 0 Å². The molecule has 0 N–H and O–H groups in total. The molecule has 0 unspecified atom stereocenters. The average molecular weight is 340 g/mol. The van der Waals surface area contributed by atoms with E-state index in [2.05, 4.69) is 17.1 Å². The maximum absolute atomic E-state index is 14.5. The summed E-state index contributed by atoms with van der Waals surface area (Å²) in [4.78, 5) is 0. The van der Waals surface area contributed by atoms with E-state index >= 15 is 0 Å². The Balaban J connectivity index is 1.60. The number of benzene rings is 1. The molecule has 3 rings (SSSR count). The zero-order chi connectivity index (χ0) is 17.6. The lowest BCUT2D eigenvalue weighted by Gasteiger charge is -2.27. The van der Waals surface area contributed by atoms with Gasteiger partial charge in [-0.05, 0) is 60.9 Å². The number of halogens is 1. The van der Waals surface area contributed by atoms with Crippen molar-refractivity contribution >= 4 is 0 Å². The van der Waals surface area contributed by atoms with E-state index in [0.29, 0.717) is 11.3 Å². The van der Waals surface area contributed by atoms with E-state index in [1.165, 1.54) is 38.5 Å². The Morgan fingerprint density at radius 1 is 0.960 bits per heavy atom. The van der Waals surface area contributed by atoms with Gasteiger partial charge < -0.3 is 0 Å². The molecule has 0 spiro atoms. The van der Waals surface area contributed by atoms with Crippen LogP contribution in [0.5, 0.6) is 0 Å². The summed E-state index contributed by atoms with van der Waals surface area (Å²) in [6.07, 6.45) is 9.76. The Morgan fingerprint density at radius 2 is 1.72 bits per heavy atom. The first-order valence-electron chi connectivity index (χ1n) is 9.81. The molecule has 2 aromatic rings. The highest BCUT2D eigenvalue weighted by molar-refractivity contribution is 5.59. The zero-order valence-electron chi connectivity index (χ0n) is 15.5. The summed E-state index contributed by atoms with van der Waals surface area (Å²) >= 11 is 0. The molecule has 3 heteroatoms. The summed E-state index contributed by atoms with van der Waals surface area (Å²) in [5.74, 6) is 1.57. The number of aryl methyl sites for hydroxylation is 2. The Labute approximate surface area is 150 Å². The maximum atomic E-state index is 14.5. The topological polar surface area (TPSA) is 25.8 Å². The fourth-order valence-electron chi connectivity index (χ4n) is 3.91. The van der Waals surface area contributed by atoms with Gasteiger partial charge in [-0.1, -0.05) is 52.0 Å². The SMILES string of the molecule is CCc1ccc(-c2ccc(CCC3CCC(CC)CC3)cc2F)nn1. The lowest BCUT2D eigenvalue weighted by atomic mass is 9.78. The molecule has 25 heavy (non-hydrogen) atoms. The second-order valence-corrected chi connectivity index (χ2v) is 7.41. The summed E-state index contributed by atoms with van der Waals surface area (Å²) < 4.78 is 14.5. The number of hydrogen-bond acceptors (Lipinski definition) is 2. The summed E-state index contributed by atoms with van der Waals surface area (Å²) in [7, 11) is 0. The lowest BCUT2D eigenvalue weighted by molar-refractivity contribution is 0.259. The maximum Gasteiger partial charge on any atom is 0.132 e. The van der Waals surface area contributed by atoms with Crippen LogP contribution in [0.3, 0.4) is 0 Å². The fourth-order valence-corrected chi connectivity index (χ4v) is 3.91. The quantitative estimate of drug-likeness (QED) is 0.645. The van der Waals surface area contributed by atoms with E-state index in [9.17, 15) is 4.39 Å². The fraction of sp³-hybridized carbons (Fsp3) is 0.545. The third kappa shape index (κ3) is 4.65. The molecule has 1 aliphatic carbocycles. The number of aromatic nitrogens is 2. The van der Waals surface area contributed by atoms with Gasteiger partial charge in [-0.25, -0.2) is 4.39 Å². The van der Waals surface area contributed by atoms with E-state index in [-0.39, 0.29) is 5.82 Å². The van der Waals surface area contributed by atoms with Crippen molar-refractivity contribution in [2.24, 2.45) is 11.8 Å². The molecule has 0 aliphatic heterocycles. The third-order valence-corrected chi connectivity index (χ3v) is 5.78. The van der Waals surface area contributed by atoms with Crippen LogP contribution in [0.1, 0.15) is 63.6 Å². The molecular weight excluding hydrogens is 311 g/mol. The van der Waals surface area contributed by atoms with Crippen molar-refractivity contribution in [1.29, 1.82) is 0 Å². The zero-order valence-corrected chi connectivity index (χ0v) is 15.5. The first kappa shape index (κ1) is 18.0. The number of rotatable bonds is 6. The Bertz CT molecular complexity index is 673. The van der Waals surface area contributed by atoms with Gasteiger partial charge in [0.25, 0.3) is 0 Å². The minimum atomic E-state index is -0.189. The van der Waals surface area contributed by atoms with Gasteiger partial charge >= 0.3 is 0 Å². The molecule has 0 bridgehead atoms. The molecule has 1 aliphatic rings. The van der Waals surface area contributed by atoms with Gasteiger partial charge in [-0.15, -0.1) is 0 Å². The first-order valence-corrected chi connectivity index (χ1v) is 9.81. The molecule has 2 nitrogen and oxygen atoms in total. The first-order chi connectivity index (χ1) is 12.2. The average Bonchev–Trinajstić information content (AvgIpc) is 2.67. The van der Waals surface area contributed by atoms with Crippen molar-refractivity contribution in [2.45, 2.75) is 65.2 Å². The number of nitrogens with zero attached hydrogens (tertiary/aromatic N) is 2. The molecule has 0 saturated heterocycles. The van der Waals surface area contributed by atoms with Crippen LogP contribution in [0, 0.1) is 17.7 Å². The minimum Gasteiger partial charge on any atom is -0.206 e. The smallest absolute Gasteiger partial charge is 0.132 e. The molecule has 134 valence electrons. The summed E-state index contributed by atoms with van der Waals surface area (Å²) in [5, 5.41) is 8.29. The molecule has 1 aromatic heterocycles. The molecule has 1 saturated carbocycles. The van der Waals surface area contributed by atoms with Gasteiger partial charge in [0.1, 0.15) is 5.82 Å². The summed E-state index contributed by atoms with van der Waals surface area (Å²) in [6.45, 7) is 4.34. The van der Waals surface area contributed by atoms with E-state index in [0.717, 1.165) is 35.9 Å². The van der Waals surface area contributed by atoms with Gasteiger partial charge in [0.2, 0.25) is 0 Å². The van der Waals surface area contributed by atoms with Crippen LogP contribution in [0.25, 0.3) is 11.3 Å². The van der Waals surface area contributed by atoms with Gasteiger partial charge in [0.05, 0.1) is 11.4 Å². The lowest BCUT2D eigenvalue weighted by Crippen LogP contribution is -2.14. The second kappa shape index (κ2) is 8.55. The second-order valence-electron chi connectivity index (χ2n) is 7.41. The van der Waals surface area contributed by atoms with E-state index < -0.39 is 0 Å². The van der Waals surface area contributed by atoms with Crippen LogP contribution in [0.2, 0.25) is 0 Å². The monoisotopic (exact) mass is 340 g/mol. The highest BCUT2D eigenvalue weighted by atomic mass is 19.1. The van der Waals surface area contributed by atoms with Crippen molar-refractivity contribution in [1.82, 2.24) is 10.2 Å². The number of hydrogen-bond donors (Lipinski definition) is 0.